The Morgan fingerprint density at radius 3 is 2.92 bits per heavy atom. The third-order valence-corrected chi connectivity index (χ3v) is 7.22. The standard InChI is InChI=1S/C18H19N3S3/c1-2-3-11-21-13-8-4-5-9-14(13)22-17(21)12-7-6-10-15-16(12)20-18(23-15)24-19/h4-10,17H,2-3,11,19H2,1H3. The Balaban J connectivity index is 1.79. The van der Waals surface area contributed by atoms with E-state index in [0.717, 1.165) is 16.4 Å². The highest BCUT2D eigenvalue weighted by Gasteiger charge is 2.32. The Hall–Kier alpha value is -1.21. The summed E-state index contributed by atoms with van der Waals surface area (Å²) in [5, 5.41) is 6.02. The number of benzene rings is 2. The second-order valence-corrected chi connectivity index (χ2v) is 8.81. The van der Waals surface area contributed by atoms with Gasteiger partial charge in [-0.15, -0.1) is 11.3 Å². The van der Waals surface area contributed by atoms with Gasteiger partial charge in [-0.3, -0.25) is 5.14 Å². The average molecular weight is 374 g/mol. The zero-order valence-corrected chi connectivity index (χ0v) is 15.9. The average Bonchev–Trinajstić information content (AvgIpc) is 3.20. The molecular formula is C18H19N3S3. The lowest BCUT2D eigenvalue weighted by Gasteiger charge is -2.27. The molecule has 1 atom stereocenters. The third kappa shape index (κ3) is 2.81. The molecule has 6 heteroatoms. The number of unbranched alkanes of at least 4 members (excludes halogenated alkanes) is 1. The van der Waals surface area contributed by atoms with Gasteiger partial charge in [0.25, 0.3) is 0 Å². The summed E-state index contributed by atoms with van der Waals surface area (Å²) >= 11 is 4.84. The summed E-state index contributed by atoms with van der Waals surface area (Å²) in [4.78, 5) is 8.66. The van der Waals surface area contributed by atoms with E-state index in [0.29, 0.717) is 0 Å². The molecule has 2 N–H and O–H groups in total. The second-order valence-electron chi connectivity index (χ2n) is 5.78. The van der Waals surface area contributed by atoms with Gasteiger partial charge in [-0.25, -0.2) is 4.98 Å². The molecule has 3 aromatic rings. The number of aromatic nitrogens is 1. The van der Waals surface area contributed by atoms with Crippen LogP contribution in [0.15, 0.2) is 51.7 Å². The summed E-state index contributed by atoms with van der Waals surface area (Å²) in [6.07, 6.45) is 2.40. The van der Waals surface area contributed by atoms with E-state index < -0.39 is 0 Å². The van der Waals surface area contributed by atoms with Gasteiger partial charge in [0.1, 0.15) is 5.37 Å². The normalized spacial score (nSPS) is 16.8. The largest absolute Gasteiger partial charge is 0.354 e. The van der Waals surface area contributed by atoms with Gasteiger partial charge in [0.2, 0.25) is 0 Å². The molecule has 4 rings (SSSR count). The van der Waals surface area contributed by atoms with E-state index in [2.05, 4.69) is 54.3 Å². The van der Waals surface area contributed by atoms with Crippen LogP contribution in [0.4, 0.5) is 5.69 Å². The minimum Gasteiger partial charge on any atom is -0.354 e. The van der Waals surface area contributed by atoms with Crippen molar-refractivity contribution in [2.75, 3.05) is 11.4 Å². The minimum atomic E-state index is 0.287. The topological polar surface area (TPSA) is 42.1 Å². The predicted octanol–water partition coefficient (Wildman–Crippen LogP) is 5.67. The Morgan fingerprint density at radius 1 is 1.21 bits per heavy atom. The number of thioether (sulfide) groups is 1. The Kier molecular flexibility index (Phi) is 4.72. The van der Waals surface area contributed by atoms with E-state index in [-0.39, 0.29) is 5.37 Å². The molecule has 0 amide bonds. The maximum atomic E-state index is 5.73. The fourth-order valence-corrected chi connectivity index (χ4v) is 5.81. The van der Waals surface area contributed by atoms with Gasteiger partial charge in [0.05, 0.1) is 15.9 Å². The van der Waals surface area contributed by atoms with Crippen LogP contribution in [-0.2, 0) is 0 Å². The van der Waals surface area contributed by atoms with E-state index >= 15 is 0 Å². The van der Waals surface area contributed by atoms with Crippen molar-refractivity contribution < 1.29 is 0 Å². The highest BCUT2D eigenvalue weighted by molar-refractivity contribution is 8.00. The summed E-state index contributed by atoms with van der Waals surface area (Å²) in [7, 11) is 0. The fourth-order valence-electron chi connectivity index (χ4n) is 3.10. The molecule has 0 bridgehead atoms. The van der Waals surface area contributed by atoms with E-state index in [1.165, 1.54) is 45.6 Å². The molecule has 0 radical (unpaired) electrons. The summed E-state index contributed by atoms with van der Waals surface area (Å²) in [5.41, 5.74) is 3.74. The van der Waals surface area contributed by atoms with E-state index in [1.807, 2.05) is 11.8 Å². The van der Waals surface area contributed by atoms with Crippen molar-refractivity contribution >= 4 is 51.0 Å². The number of fused-ring (bicyclic) bond motifs is 2. The van der Waals surface area contributed by atoms with Crippen LogP contribution in [0.25, 0.3) is 10.2 Å². The van der Waals surface area contributed by atoms with Crippen molar-refractivity contribution in [1.82, 2.24) is 4.98 Å². The zero-order chi connectivity index (χ0) is 16.5. The van der Waals surface area contributed by atoms with Crippen LogP contribution in [0, 0.1) is 0 Å². The summed E-state index contributed by atoms with van der Waals surface area (Å²) in [6.45, 7) is 3.32. The molecule has 0 saturated carbocycles. The quantitative estimate of drug-likeness (QED) is 0.583. The van der Waals surface area contributed by atoms with Crippen LogP contribution >= 0.6 is 35.0 Å². The zero-order valence-electron chi connectivity index (χ0n) is 13.4. The SMILES string of the molecule is CCCCN1c2ccccc2SC1c1cccc2sc(SN)nc12. The van der Waals surface area contributed by atoms with Gasteiger partial charge in [0, 0.05) is 17.0 Å². The first kappa shape index (κ1) is 16.3. The Morgan fingerprint density at radius 2 is 2.08 bits per heavy atom. The molecule has 0 saturated heterocycles. The maximum absolute atomic E-state index is 5.73. The molecule has 2 heterocycles. The molecule has 2 aromatic carbocycles. The van der Waals surface area contributed by atoms with Crippen molar-refractivity contribution in [3.63, 3.8) is 0 Å². The van der Waals surface area contributed by atoms with Gasteiger partial charge in [-0.2, -0.15) is 0 Å². The lowest BCUT2D eigenvalue weighted by atomic mass is 10.1. The number of para-hydroxylation sites is 2. The molecule has 0 fully saturated rings. The number of hydrogen-bond acceptors (Lipinski definition) is 6. The van der Waals surface area contributed by atoms with Crippen LogP contribution in [0.3, 0.4) is 0 Å². The monoisotopic (exact) mass is 373 g/mol. The molecule has 1 aliphatic heterocycles. The lowest BCUT2D eigenvalue weighted by molar-refractivity contribution is 0.714. The number of nitrogens with zero attached hydrogens (tertiary/aromatic N) is 2. The lowest BCUT2D eigenvalue weighted by Crippen LogP contribution is -2.24. The van der Waals surface area contributed by atoms with Crippen molar-refractivity contribution in [2.24, 2.45) is 5.14 Å². The summed E-state index contributed by atoms with van der Waals surface area (Å²) in [5.74, 6) is 0. The predicted molar refractivity (Wildman–Crippen MR) is 107 cm³/mol. The van der Waals surface area contributed by atoms with Crippen LogP contribution in [0.5, 0.6) is 0 Å². The molecule has 3 nitrogen and oxygen atoms in total. The molecule has 124 valence electrons. The van der Waals surface area contributed by atoms with Crippen molar-refractivity contribution in [3.8, 4) is 0 Å². The first-order valence-corrected chi connectivity index (χ1v) is 10.7. The van der Waals surface area contributed by atoms with Crippen LogP contribution < -0.4 is 10.0 Å². The van der Waals surface area contributed by atoms with E-state index in [4.69, 9.17) is 10.1 Å². The molecule has 0 aliphatic carbocycles. The van der Waals surface area contributed by atoms with Crippen molar-refractivity contribution in [1.29, 1.82) is 0 Å². The molecule has 1 aromatic heterocycles. The molecular weight excluding hydrogens is 354 g/mol. The smallest absolute Gasteiger partial charge is 0.165 e. The maximum Gasteiger partial charge on any atom is 0.165 e. The van der Waals surface area contributed by atoms with Crippen molar-refractivity contribution in [3.05, 3.63) is 48.0 Å². The molecule has 1 unspecified atom stereocenters. The first-order valence-electron chi connectivity index (χ1n) is 8.10. The van der Waals surface area contributed by atoms with Crippen LogP contribution in [-0.4, -0.2) is 11.5 Å². The van der Waals surface area contributed by atoms with Gasteiger partial charge >= 0.3 is 0 Å². The van der Waals surface area contributed by atoms with E-state index in [1.54, 1.807) is 11.3 Å². The number of thiazole rings is 1. The molecule has 0 spiro atoms. The highest BCUT2D eigenvalue weighted by Crippen LogP contribution is 2.52. The fraction of sp³-hybridized carbons (Fsp3) is 0.278. The first-order chi connectivity index (χ1) is 11.8. The third-order valence-electron chi connectivity index (χ3n) is 4.25. The molecule has 1 aliphatic rings. The van der Waals surface area contributed by atoms with Gasteiger partial charge in [-0.05, 0) is 36.6 Å². The summed E-state index contributed by atoms with van der Waals surface area (Å²) < 4.78 is 2.14. The van der Waals surface area contributed by atoms with Gasteiger partial charge in [0.15, 0.2) is 4.34 Å². The van der Waals surface area contributed by atoms with Crippen LogP contribution in [0.2, 0.25) is 0 Å². The minimum absolute atomic E-state index is 0.287. The number of anilines is 1. The second kappa shape index (κ2) is 6.96. The Labute approximate surface area is 154 Å². The van der Waals surface area contributed by atoms with Gasteiger partial charge < -0.3 is 4.90 Å². The van der Waals surface area contributed by atoms with Gasteiger partial charge in [-0.1, -0.05) is 49.4 Å². The van der Waals surface area contributed by atoms with Crippen LogP contribution in [0.1, 0.15) is 30.7 Å². The number of nitrogens with two attached hydrogens (primary N) is 1. The number of rotatable bonds is 5. The Bertz CT molecular complexity index is 862. The molecule has 24 heavy (non-hydrogen) atoms. The van der Waals surface area contributed by atoms with E-state index in [9.17, 15) is 0 Å². The highest BCUT2D eigenvalue weighted by atomic mass is 32.2. The summed E-state index contributed by atoms with van der Waals surface area (Å²) in [6, 6.07) is 15.2. The number of hydrogen-bond donors (Lipinski definition) is 1. The van der Waals surface area contributed by atoms with Crippen molar-refractivity contribution in [2.45, 2.75) is 34.4 Å².